The maximum atomic E-state index is 12.3. The second-order valence-electron chi connectivity index (χ2n) is 5.11. The summed E-state index contributed by atoms with van der Waals surface area (Å²) in [6.07, 6.45) is 0. The van der Waals surface area contributed by atoms with E-state index in [4.69, 9.17) is 15.4 Å². The van der Waals surface area contributed by atoms with Crippen molar-refractivity contribution in [3.63, 3.8) is 0 Å². The van der Waals surface area contributed by atoms with Crippen molar-refractivity contribution in [3.8, 4) is 5.75 Å². The number of rotatable bonds is 6. The number of ether oxygens (including phenoxy) is 1. The predicted molar refractivity (Wildman–Crippen MR) is 82.4 cm³/mol. The Morgan fingerprint density at radius 1 is 1.38 bits per heavy atom. The van der Waals surface area contributed by atoms with Crippen molar-refractivity contribution in [1.29, 1.82) is 0 Å². The highest BCUT2D eigenvalue weighted by atomic mass is 35.7. The lowest BCUT2D eigenvalue weighted by molar-refractivity contribution is 0.0779. The maximum Gasteiger partial charge on any atom is 0.265 e. The summed E-state index contributed by atoms with van der Waals surface area (Å²) in [5.41, 5.74) is 0.265. The van der Waals surface area contributed by atoms with Crippen LogP contribution in [0.4, 0.5) is 0 Å². The molecule has 0 bridgehead atoms. The van der Waals surface area contributed by atoms with Crippen LogP contribution in [0.5, 0.6) is 5.75 Å². The minimum absolute atomic E-state index is 0.149. The van der Waals surface area contributed by atoms with Crippen molar-refractivity contribution in [2.45, 2.75) is 25.7 Å². The van der Waals surface area contributed by atoms with Crippen molar-refractivity contribution >= 4 is 25.6 Å². The average molecular weight is 334 g/mol. The number of amides is 1. The second-order valence-corrected chi connectivity index (χ2v) is 7.65. The van der Waals surface area contributed by atoms with Crippen LogP contribution in [0.1, 0.15) is 31.1 Å². The van der Waals surface area contributed by atoms with Gasteiger partial charge in [0.2, 0.25) is 0 Å². The number of hydrogen-bond acceptors (Lipinski definition) is 4. The molecule has 0 fully saturated rings. The third-order valence-corrected chi connectivity index (χ3v) is 4.08. The molecule has 0 aliphatic carbocycles. The number of halogens is 1. The minimum Gasteiger partial charge on any atom is -0.492 e. The predicted octanol–water partition coefficient (Wildman–Crippen LogP) is 2.74. The van der Waals surface area contributed by atoms with Crippen LogP contribution in [0.15, 0.2) is 23.1 Å². The lowest BCUT2D eigenvalue weighted by atomic mass is 10.1. The van der Waals surface area contributed by atoms with Crippen molar-refractivity contribution in [1.82, 2.24) is 4.90 Å². The first-order chi connectivity index (χ1) is 9.66. The van der Waals surface area contributed by atoms with Crippen molar-refractivity contribution < 1.29 is 17.9 Å². The highest BCUT2D eigenvalue weighted by Gasteiger charge is 2.21. The number of carbonyl (C=O) groups is 1. The summed E-state index contributed by atoms with van der Waals surface area (Å²) in [6.45, 7) is 6.61. The van der Waals surface area contributed by atoms with Crippen molar-refractivity contribution in [3.05, 3.63) is 23.8 Å². The monoisotopic (exact) mass is 333 g/mol. The van der Waals surface area contributed by atoms with Gasteiger partial charge in [-0.3, -0.25) is 4.79 Å². The molecule has 0 unspecified atom stereocenters. The van der Waals surface area contributed by atoms with E-state index in [2.05, 4.69) is 0 Å². The Morgan fingerprint density at radius 2 is 2.00 bits per heavy atom. The van der Waals surface area contributed by atoms with E-state index in [0.29, 0.717) is 19.1 Å². The molecule has 0 aliphatic heterocycles. The van der Waals surface area contributed by atoms with Crippen LogP contribution < -0.4 is 4.74 Å². The van der Waals surface area contributed by atoms with Crippen LogP contribution in [0.25, 0.3) is 0 Å². The van der Waals surface area contributed by atoms with E-state index < -0.39 is 9.05 Å². The molecule has 1 aromatic rings. The van der Waals surface area contributed by atoms with Crippen LogP contribution in [-0.2, 0) is 9.05 Å². The molecule has 0 heterocycles. The van der Waals surface area contributed by atoms with E-state index in [9.17, 15) is 13.2 Å². The highest BCUT2D eigenvalue weighted by molar-refractivity contribution is 8.13. The van der Waals surface area contributed by atoms with Crippen LogP contribution in [-0.4, -0.2) is 39.4 Å². The molecule has 0 radical (unpaired) electrons. The zero-order valence-electron chi connectivity index (χ0n) is 12.6. The van der Waals surface area contributed by atoms with E-state index in [-0.39, 0.29) is 22.1 Å². The van der Waals surface area contributed by atoms with Gasteiger partial charge in [0, 0.05) is 29.8 Å². The van der Waals surface area contributed by atoms with Gasteiger partial charge in [-0.15, -0.1) is 0 Å². The molecule has 1 rings (SSSR count). The zero-order chi connectivity index (χ0) is 16.2. The molecular weight excluding hydrogens is 314 g/mol. The molecule has 0 spiro atoms. The Hall–Kier alpha value is -1.27. The Kier molecular flexibility index (Phi) is 6.04. The smallest absolute Gasteiger partial charge is 0.265 e. The average Bonchev–Trinajstić information content (AvgIpc) is 2.36. The van der Waals surface area contributed by atoms with Crippen LogP contribution in [0, 0.1) is 5.92 Å². The zero-order valence-corrected chi connectivity index (χ0v) is 14.2. The summed E-state index contributed by atoms with van der Waals surface area (Å²) in [7, 11) is 3.10. The summed E-state index contributed by atoms with van der Waals surface area (Å²) in [4.78, 5) is 13.6. The Balaban J connectivity index is 3.19. The minimum atomic E-state index is -3.98. The lowest BCUT2D eigenvalue weighted by Crippen LogP contribution is -2.30. The van der Waals surface area contributed by atoms with Gasteiger partial charge < -0.3 is 9.64 Å². The third kappa shape index (κ3) is 4.89. The molecule has 0 aromatic heterocycles. The molecule has 0 saturated carbocycles. The molecule has 0 atom stereocenters. The van der Waals surface area contributed by atoms with Gasteiger partial charge in [0.05, 0.1) is 6.61 Å². The van der Waals surface area contributed by atoms with Gasteiger partial charge in [0.15, 0.2) is 0 Å². The molecule has 0 aliphatic rings. The van der Waals surface area contributed by atoms with Crippen molar-refractivity contribution in [2.75, 3.05) is 20.2 Å². The van der Waals surface area contributed by atoms with E-state index in [1.54, 1.807) is 18.9 Å². The van der Waals surface area contributed by atoms with Gasteiger partial charge in [0.25, 0.3) is 15.0 Å². The first kappa shape index (κ1) is 17.8. The Labute approximate surface area is 130 Å². The van der Waals surface area contributed by atoms with Gasteiger partial charge in [0.1, 0.15) is 10.6 Å². The SMILES string of the molecule is CCOc1ccc(C(=O)N(C)CC(C)C)cc1S(=O)(=O)Cl. The van der Waals surface area contributed by atoms with E-state index >= 15 is 0 Å². The first-order valence-electron chi connectivity index (χ1n) is 6.63. The van der Waals surface area contributed by atoms with Crippen LogP contribution in [0.3, 0.4) is 0 Å². The lowest BCUT2D eigenvalue weighted by Gasteiger charge is -2.20. The van der Waals surface area contributed by atoms with Gasteiger partial charge in [-0.25, -0.2) is 8.42 Å². The summed E-state index contributed by atoms with van der Waals surface area (Å²) >= 11 is 0. The molecule has 1 amide bonds. The molecule has 0 saturated heterocycles. The topological polar surface area (TPSA) is 63.7 Å². The molecule has 5 nitrogen and oxygen atoms in total. The first-order valence-corrected chi connectivity index (χ1v) is 8.94. The fourth-order valence-corrected chi connectivity index (χ4v) is 2.95. The Bertz CT molecular complexity index is 613. The molecule has 7 heteroatoms. The molecule has 21 heavy (non-hydrogen) atoms. The number of benzene rings is 1. The third-order valence-electron chi connectivity index (χ3n) is 2.74. The van der Waals surface area contributed by atoms with E-state index in [1.807, 2.05) is 13.8 Å². The van der Waals surface area contributed by atoms with Gasteiger partial charge in [-0.05, 0) is 31.0 Å². The highest BCUT2D eigenvalue weighted by Crippen LogP contribution is 2.28. The number of nitrogens with zero attached hydrogens (tertiary/aromatic N) is 1. The molecule has 1 aromatic carbocycles. The van der Waals surface area contributed by atoms with E-state index in [0.717, 1.165) is 0 Å². The number of hydrogen-bond donors (Lipinski definition) is 0. The van der Waals surface area contributed by atoms with Gasteiger partial charge >= 0.3 is 0 Å². The summed E-state index contributed by atoms with van der Waals surface area (Å²) in [6, 6.07) is 4.25. The summed E-state index contributed by atoms with van der Waals surface area (Å²) < 4.78 is 28.5. The summed E-state index contributed by atoms with van der Waals surface area (Å²) in [5, 5.41) is 0. The largest absolute Gasteiger partial charge is 0.492 e. The summed E-state index contributed by atoms with van der Waals surface area (Å²) in [5.74, 6) is 0.210. The molecule has 0 N–H and O–H groups in total. The fraction of sp³-hybridized carbons (Fsp3) is 0.500. The fourth-order valence-electron chi connectivity index (χ4n) is 1.96. The van der Waals surface area contributed by atoms with Crippen LogP contribution in [0.2, 0.25) is 0 Å². The maximum absolute atomic E-state index is 12.3. The standard InChI is InChI=1S/C14H20ClNO4S/c1-5-20-12-7-6-11(8-13(12)21(15,18)19)14(17)16(4)9-10(2)3/h6-8,10H,5,9H2,1-4H3. The molecule has 118 valence electrons. The Morgan fingerprint density at radius 3 is 2.48 bits per heavy atom. The quantitative estimate of drug-likeness (QED) is 0.751. The van der Waals surface area contributed by atoms with E-state index in [1.165, 1.54) is 18.2 Å². The second kappa shape index (κ2) is 7.13. The normalized spacial score (nSPS) is 11.5. The van der Waals surface area contributed by atoms with Gasteiger partial charge in [-0.1, -0.05) is 13.8 Å². The number of carbonyl (C=O) groups excluding carboxylic acids is 1. The van der Waals surface area contributed by atoms with Gasteiger partial charge in [-0.2, -0.15) is 0 Å². The van der Waals surface area contributed by atoms with Crippen LogP contribution >= 0.6 is 10.7 Å². The molecular formula is C14H20ClNO4S. The van der Waals surface area contributed by atoms with Crippen molar-refractivity contribution in [2.24, 2.45) is 5.92 Å².